The fourth-order valence-corrected chi connectivity index (χ4v) is 7.81. The number of hydrogen-bond acceptors (Lipinski definition) is 4. The SMILES string of the molecule is CN1[CH-]N(C[C@@H]2C3c4ccccc4C(c4ccccc43)[C@H]2CN2[CH-]N(C)c3ccccc32)c2ccccc21.[CH3-].[CH3-].[Rh]. The standard InChI is InChI=1S/C34H32N4.2CH3.Rh/c1-35-21-37(31-17-9-7-15-29(31)35)19-27-28(20-38-22-36(2)30-16-8-10-18-32(30)38)34-25-13-5-3-11-23(25)33(27)24-12-4-6-14-26(24)34;;;/h3-18,21-22,27-28,33-34H,19-20H2,1-2H3;2*1H3;/q-2;2*-1;/t27-,28-,33?,34?;;;/m0.../s1. The minimum atomic E-state index is 0. The maximum absolute atomic E-state index is 2.51. The van der Waals surface area contributed by atoms with Gasteiger partial charge in [-0.3, -0.25) is 0 Å². The summed E-state index contributed by atoms with van der Waals surface area (Å²) in [6, 6.07) is 36.1. The van der Waals surface area contributed by atoms with Crippen LogP contribution in [0.15, 0.2) is 97.1 Å². The van der Waals surface area contributed by atoms with Crippen molar-refractivity contribution < 1.29 is 19.5 Å². The molecule has 0 spiro atoms. The Morgan fingerprint density at radius 2 is 0.780 bits per heavy atom. The van der Waals surface area contributed by atoms with Crippen molar-refractivity contribution in [3.63, 3.8) is 0 Å². The molecule has 2 aliphatic heterocycles. The van der Waals surface area contributed by atoms with Crippen molar-refractivity contribution >= 4 is 22.7 Å². The first-order chi connectivity index (χ1) is 18.7. The van der Waals surface area contributed by atoms with Gasteiger partial charge in [-0.15, -0.1) is 0 Å². The van der Waals surface area contributed by atoms with Gasteiger partial charge >= 0.3 is 0 Å². The van der Waals surface area contributed by atoms with Crippen LogP contribution in [0.2, 0.25) is 0 Å². The van der Waals surface area contributed by atoms with Crippen molar-refractivity contribution in [3.8, 4) is 0 Å². The summed E-state index contributed by atoms with van der Waals surface area (Å²) in [5, 5.41) is 0. The van der Waals surface area contributed by atoms with E-state index in [1.807, 2.05) is 0 Å². The summed E-state index contributed by atoms with van der Waals surface area (Å²) in [4.78, 5) is 9.55. The smallest absolute Gasteiger partial charge is 0.0299 e. The van der Waals surface area contributed by atoms with Crippen LogP contribution in [-0.4, -0.2) is 27.2 Å². The van der Waals surface area contributed by atoms with E-state index < -0.39 is 0 Å². The number of fused-ring (bicyclic) bond motifs is 3. The normalized spacial score (nSPS) is 22.6. The molecule has 3 aliphatic carbocycles. The third-order valence-electron chi connectivity index (χ3n) is 9.32. The number of rotatable bonds is 4. The molecule has 0 unspecified atom stereocenters. The summed E-state index contributed by atoms with van der Waals surface area (Å²) in [7, 11) is 4.33. The summed E-state index contributed by atoms with van der Waals surface area (Å²) < 4.78 is 0. The van der Waals surface area contributed by atoms with E-state index >= 15 is 0 Å². The van der Waals surface area contributed by atoms with E-state index in [2.05, 4.69) is 144 Å². The van der Waals surface area contributed by atoms with Gasteiger partial charge in [0.25, 0.3) is 0 Å². The van der Waals surface area contributed by atoms with Gasteiger partial charge in [0.2, 0.25) is 0 Å². The molecule has 0 amide bonds. The monoisotopic (exact) mass is 629 g/mol. The molecular formula is C36H38N4Rh-4. The first-order valence-electron chi connectivity index (χ1n) is 13.7. The molecule has 2 bridgehead atoms. The van der Waals surface area contributed by atoms with Crippen molar-refractivity contribution in [2.24, 2.45) is 11.8 Å². The van der Waals surface area contributed by atoms with Gasteiger partial charge in [-0.05, 0) is 85.5 Å². The Morgan fingerprint density at radius 3 is 1.12 bits per heavy atom. The quantitative estimate of drug-likeness (QED) is 0.171. The maximum Gasteiger partial charge on any atom is 0.0299 e. The van der Waals surface area contributed by atoms with Crippen LogP contribution in [0.5, 0.6) is 0 Å². The van der Waals surface area contributed by atoms with Crippen molar-refractivity contribution in [2.75, 3.05) is 46.8 Å². The first kappa shape index (κ1) is 29.2. The van der Waals surface area contributed by atoms with Crippen LogP contribution < -0.4 is 19.6 Å². The van der Waals surface area contributed by atoms with Gasteiger partial charge in [-0.25, -0.2) is 0 Å². The van der Waals surface area contributed by atoms with E-state index in [0.29, 0.717) is 23.7 Å². The summed E-state index contributed by atoms with van der Waals surface area (Å²) in [6.07, 6.45) is 0. The van der Waals surface area contributed by atoms with E-state index in [9.17, 15) is 0 Å². The predicted octanol–water partition coefficient (Wildman–Crippen LogP) is 7.56. The van der Waals surface area contributed by atoms with Crippen molar-refractivity contribution in [3.05, 3.63) is 148 Å². The van der Waals surface area contributed by atoms with E-state index in [1.54, 1.807) is 0 Å². The third kappa shape index (κ3) is 4.36. The molecule has 0 N–H and O–H groups in total. The Balaban J connectivity index is 0.00000112. The van der Waals surface area contributed by atoms with Crippen molar-refractivity contribution in [1.29, 1.82) is 0 Å². The Morgan fingerprint density at radius 1 is 0.488 bits per heavy atom. The van der Waals surface area contributed by atoms with Crippen LogP contribution in [0, 0.1) is 40.0 Å². The molecule has 5 aliphatic rings. The third-order valence-corrected chi connectivity index (χ3v) is 9.32. The maximum atomic E-state index is 2.51. The van der Waals surface area contributed by atoms with Crippen molar-refractivity contribution in [2.45, 2.75) is 11.8 Å². The minimum absolute atomic E-state index is 0. The number of nitrogens with zero attached hydrogens (tertiary/aromatic N) is 4. The Labute approximate surface area is 259 Å². The van der Waals surface area contributed by atoms with Crippen LogP contribution in [-0.2, 0) is 19.5 Å². The minimum Gasteiger partial charge on any atom is -0.504 e. The van der Waals surface area contributed by atoms with Gasteiger partial charge in [-0.2, -0.15) is 13.3 Å². The second-order valence-corrected chi connectivity index (χ2v) is 11.3. The average molecular weight is 630 g/mol. The molecule has 4 aromatic rings. The average Bonchev–Trinajstić information content (AvgIpc) is 3.45. The van der Waals surface area contributed by atoms with Crippen molar-refractivity contribution in [1.82, 2.24) is 0 Å². The fraction of sp³-hybridized carbons (Fsp3) is 0.222. The molecule has 5 heteroatoms. The van der Waals surface area contributed by atoms with Gasteiger partial charge in [0.1, 0.15) is 0 Å². The zero-order valence-electron chi connectivity index (χ0n) is 24.2. The van der Waals surface area contributed by atoms with E-state index in [1.165, 1.54) is 45.0 Å². The molecule has 9 rings (SSSR count). The Bertz CT molecular complexity index is 1370. The van der Waals surface area contributed by atoms with Gasteiger partial charge in [-0.1, -0.05) is 72.8 Å². The van der Waals surface area contributed by atoms with Crippen LogP contribution in [0.25, 0.3) is 0 Å². The van der Waals surface area contributed by atoms with E-state index in [-0.39, 0.29) is 34.3 Å². The molecule has 41 heavy (non-hydrogen) atoms. The van der Waals surface area contributed by atoms with Crippen LogP contribution in [0.3, 0.4) is 0 Å². The molecular weight excluding hydrogens is 591 g/mol. The molecule has 2 atom stereocenters. The number of hydrogen-bond donors (Lipinski definition) is 0. The van der Waals surface area contributed by atoms with Gasteiger partial charge < -0.3 is 34.5 Å². The summed E-state index contributed by atoms with van der Waals surface area (Å²) in [5.41, 5.74) is 11.3. The summed E-state index contributed by atoms with van der Waals surface area (Å²) in [6.45, 7) is 6.60. The second-order valence-electron chi connectivity index (χ2n) is 11.3. The molecule has 0 fully saturated rings. The zero-order chi connectivity index (χ0) is 25.4. The van der Waals surface area contributed by atoms with Gasteiger partial charge in [0.05, 0.1) is 0 Å². The molecule has 4 nitrogen and oxygen atoms in total. The predicted molar refractivity (Wildman–Crippen MR) is 169 cm³/mol. The number of para-hydroxylation sites is 4. The fourth-order valence-electron chi connectivity index (χ4n) is 7.81. The largest absolute Gasteiger partial charge is 0.504 e. The van der Waals surface area contributed by atoms with Crippen LogP contribution in [0.1, 0.15) is 34.1 Å². The number of benzene rings is 4. The summed E-state index contributed by atoms with van der Waals surface area (Å²) >= 11 is 0. The van der Waals surface area contributed by atoms with Crippen LogP contribution >= 0.6 is 0 Å². The first-order valence-corrected chi connectivity index (χ1v) is 13.7. The molecule has 0 saturated heterocycles. The summed E-state index contributed by atoms with van der Waals surface area (Å²) in [5.74, 6) is 1.73. The number of anilines is 4. The Kier molecular flexibility index (Phi) is 7.96. The molecule has 0 saturated carbocycles. The topological polar surface area (TPSA) is 13.0 Å². The van der Waals surface area contributed by atoms with Gasteiger partial charge in [0, 0.05) is 54.1 Å². The molecule has 0 aromatic heterocycles. The molecule has 1 radical (unpaired) electrons. The molecule has 4 aromatic carbocycles. The zero-order valence-corrected chi connectivity index (χ0v) is 25.9. The van der Waals surface area contributed by atoms with Gasteiger partial charge in [0.15, 0.2) is 0 Å². The van der Waals surface area contributed by atoms with Crippen LogP contribution in [0.4, 0.5) is 22.7 Å². The Hall–Kier alpha value is -3.30. The molecule has 215 valence electrons. The van der Waals surface area contributed by atoms with E-state index in [0.717, 1.165) is 13.1 Å². The van der Waals surface area contributed by atoms with E-state index in [4.69, 9.17) is 0 Å². The molecule has 2 heterocycles. The second kappa shape index (κ2) is 11.2.